The van der Waals surface area contributed by atoms with Gasteiger partial charge in [-0.15, -0.1) is 0 Å². The summed E-state index contributed by atoms with van der Waals surface area (Å²) in [7, 11) is 0. The largest absolute Gasteiger partial charge is 0.406 e. The fraction of sp³-hybridized carbons (Fsp3) is 0.538. The van der Waals surface area contributed by atoms with E-state index in [-0.39, 0.29) is 13.0 Å². The van der Waals surface area contributed by atoms with Crippen LogP contribution >= 0.6 is 0 Å². The number of aliphatic hydroxyl groups is 1. The van der Waals surface area contributed by atoms with E-state index in [4.69, 9.17) is 0 Å². The summed E-state index contributed by atoms with van der Waals surface area (Å²) < 4.78 is 38.8. The second-order valence-electron chi connectivity index (χ2n) is 4.65. The molecule has 1 heterocycles. The number of benzene rings is 1. The number of nitrogens with zero attached hydrogens (tertiary/aromatic N) is 1. The highest BCUT2D eigenvalue weighted by molar-refractivity contribution is 5.15. The molecule has 1 aromatic rings. The first-order valence-electron chi connectivity index (χ1n) is 6.01. The molecule has 0 aliphatic carbocycles. The summed E-state index contributed by atoms with van der Waals surface area (Å²) in [5.41, 5.74) is 0.834. The van der Waals surface area contributed by atoms with Gasteiger partial charge in [0.2, 0.25) is 0 Å². The van der Waals surface area contributed by atoms with Gasteiger partial charge in [-0.3, -0.25) is 4.90 Å². The fourth-order valence-corrected chi connectivity index (χ4v) is 2.46. The van der Waals surface area contributed by atoms with Gasteiger partial charge in [0.05, 0.1) is 6.10 Å². The molecule has 2 nitrogen and oxygen atoms in total. The minimum atomic E-state index is -4.38. The summed E-state index contributed by atoms with van der Waals surface area (Å²) in [6, 6.07) is 7.29. The first kappa shape index (κ1) is 13.4. The molecular formula is C13H16F3NO. The molecule has 0 saturated carbocycles. The highest BCUT2D eigenvalue weighted by Crippen LogP contribution is 2.33. The minimum Gasteiger partial charge on any atom is -0.391 e. The monoisotopic (exact) mass is 259 g/mol. The second-order valence-corrected chi connectivity index (χ2v) is 4.65. The molecule has 100 valence electrons. The molecule has 18 heavy (non-hydrogen) atoms. The molecule has 0 bridgehead atoms. The van der Waals surface area contributed by atoms with Crippen molar-refractivity contribution in [2.75, 3.05) is 6.54 Å². The Labute approximate surface area is 104 Å². The van der Waals surface area contributed by atoms with Crippen LogP contribution in [0, 0.1) is 0 Å². The van der Waals surface area contributed by atoms with Crippen LogP contribution in [0.3, 0.4) is 0 Å². The average Bonchev–Trinajstić information content (AvgIpc) is 2.28. The van der Waals surface area contributed by atoms with Crippen LogP contribution in [0.5, 0.6) is 0 Å². The third kappa shape index (κ3) is 3.03. The molecule has 2 rings (SSSR count). The van der Waals surface area contributed by atoms with Crippen LogP contribution in [-0.2, 0) is 6.54 Å². The lowest BCUT2D eigenvalue weighted by Gasteiger charge is -2.39. The molecule has 2 atom stereocenters. The van der Waals surface area contributed by atoms with Crippen molar-refractivity contribution in [1.29, 1.82) is 0 Å². The topological polar surface area (TPSA) is 23.5 Å². The van der Waals surface area contributed by atoms with Crippen LogP contribution in [-0.4, -0.2) is 34.9 Å². The summed E-state index contributed by atoms with van der Waals surface area (Å²) >= 11 is 0. The maximum absolute atomic E-state index is 12.9. The Morgan fingerprint density at radius 2 is 1.89 bits per heavy atom. The minimum absolute atomic E-state index is 0.218. The number of piperidine rings is 1. The van der Waals surface area contributed by atoms with E-state index in [0.717, 1.165) is 5.56 Å². The van der Waals surface area contributed by atoms with Crippen molar-refractivity contribution in [3.8, 4) is 0 Å². The summed E-state index contributed by atoms with van der Waals surface area (Å²) in [5.74, 6) is 0. The Balaban J connectivity index is 2.14. The molecule has 0 spiro atoms. The Morgan fingerprint density at radius 1 is 1.22 bits per heavy atom. The van der Waals surface area contributed by atoms with Gasteiger partial charge in [-0.2, -0.15) is 13.2 Å². The van der Waals surface area contributed by atoms with E-state index in [1.54, 1.807) is 24.3 Å². The van der Waals surface area contributed by atoms with Crippen molar-refractivity contribution in [3.05, 3.63) is 35.9 Å². The highest BCUT2D eigenvalue weighted by Gasteiger charge is 2.49. The molecule has 1 aliphatic heterocycles. The third-order valence-electron chi connectivity index (χ3n) is 3.27. The molecule has 0 aromatic heterocycles. The van der Waals surface area contributed by atoms with Crippen LogP contribution < -0.4 is 0 Å². The predicted molar refractivity (Wildman–Crippen MR) is 61.9 cm³/mol. The number of likely N-dealkylation sites (tertiary alicyclic amines) is 1. The van der Waals surface area contributed by atoms with Gasteiger partial charge < -0.3 is 5.11 Å². The molecule has 1 N–H and O–H groups in total. The van der Waals surface area contributed by atoms with Crippen molar-refractivity contribution in [3.63, 3.8) is 0 Å². The molecule has 0 radical (unpaired) electrons. The van der Waals surface area contributed by atoms with Crippen molar-refractivity contribution in [2.45, 2.75) is 37.7 Å². The number of halogens is 3. The maximum atomic E-state index is 12.9. The van der Waals surface area contributed by atoms with Crippen LogP contribution in [0.2, 0.25) is 0 Å². The third-order valence-corrected chi connectivity index (χ3v) is 3.27. The zero-order valence-corrected chi connectivity index (χ0v) is 9.90. The molecule has 5 heteroatoms. The van der Waals surface area contributed by atoms with Crippen LogP contribution in [0.25, 0.3) is 0 Å². The van der Waals surface area contributed by atoms with E-state index in [1.807, 2.05) is 6.07 Å². The Hall–Kier alpha value is -1.07. The van der Waals surface area contributed by atoms with Crippen molar-refractivity contribution >= 4 is 0 Å². The Kier molecular flexibility index (Phi) is 3.92. The zero-order valence-electron chi connectivity index (χ0n) is 9.90. The van der Waals surface area contributed by atoms with Gasteiger partial charge in [-0.05, 0) is 24.9 Å². The van der Waals surface area contributed by atoms with Crippen molar-refractivity contribution < 1.29 is 18.3 Å². The fourth-order valence-electron chi connectivity index (χ4n) is 2.46. The van der Waals surface area contributed by atoms with Gasteiger partial charge >= 0.3 is 6.18 Å². The molecule has 1 aliphatic rings. The molecule has 0 unspecified atom stereocenters. The van der Waals surface area contributed by atoms with Crippen molar-refractivity contribution in [2.24, 2.45) is 0 Å². The SMILES string of the molecule is O[C@@H]1CCCN(Cc2ccccc2)[C@H]1C(F)(F)F. The van der Waals surface area contributed by atoms with Crippen LogP contribution in [0.15, 0.2) is 30.3 Å². The molecular weight excluding hydrogens is 243 g/mol. The molecule has 1 aromatic carbocycles. The molecule has 0 amide bonds. The van der Waals surface area contributed by atoms with Gasteiger partial charge in [0.15, 0.2) is 0 Å². The lowest BCUT2D eigenvalue weighted by Crippen LogP contribution is -2.55. The lowest BCUT2D eigenvalue weighted by molar-refractivity contribution is -0.218. The number of aliphatic hydroxyl groups excluding tert-OH is 1. The molecule has 1 fully saturated rings. The van der Waals surface area contributed by atoms with E-state index < -0.39 is 18.3 Å². The van der Waals surface area contributed by atoms with Gasteiger partial charge in [-0.25, -0.2) is 0 Å². The number of alkyl halides is 3. The number of hydrogen-bond acceptors (Lipinski definition) is 2. The normalized spacial score (nSPS) is 26.2. The van der Waals surface area contributed by atoms with E-state index in [9.17, 15) is 18.3 Å². The summed E-state index contributed by atoms with van der Waals surface area (Å²) in [5, 5.41) is 9.59. The van der Waals surface area contributed by atoms with Crippen LogP contribution in [0.1, 0.15) is 18.4 Å². The summed E-state index contributed by atoms with van der Waals surface area (Å²) in [6.07, 6.45) is -4.88. The number of rotatable bonds is 2. The van der Waals surface area contributed by atoms with Crippen LogP contribution in [0.4, 0.5) is 13.2 Å². The first-order valence-corrected chi connectivity index (χ1v) is 6.01. The standard InChI is InChI=1S/C13H16F3NO/c14-13(15,16)12-11(18)7-4-8-17(12)9-10-5-2-1-3-6-10/h1-3,5-6,11-12,18H,4,7-9H2/t11-,12-/m1/s1. The van der Waals surface area contributed by atoms with E-state index >= 15 is 0 Å². The predicted octanol–water partition coefficient (Wildman–Crippen LogP) is 2.57. The van der Waals surface area contributed by atoms with Gasteiger partial charge in [0, 0.05) is 6.54 Å². The lowest BCUT2D eigenvalue weighted by atomic mass is 9.97. The van der Waals surface area contributed by atoms with Gasteiger partial charge in [0.25, 0.3) is 0 Å². The summed E-state index contributed by atoms with van der Waals surface area (Å²) in [4.78, 5) is 1.32. The molecule has 1 saturated heterocycles. The van der Waals surface area contributed by atoms with E-state index in [1.165, 1.54) is 4.90 Å². The van der Waals surface area contributed by atoms with Crippen molar-refractivity contribution in [1.82, 2.24) is 4.90 Å². The van der Waals surface area contributed by atoms with Gasteiger partial charge in [0.1, 0.15) is 6.04 Å². The zero-order chi connectivity index (χ0) is 13.2. The Morgan fingerprint density at radius 3 is 2.50 bits per heavy atom. The smallest absolute Gasteiger partial charge is 0.391 e. The van der Waals surface area contributed by atoms with E-state index in [0.29, 0.717) is 13.0 Å². The average molecular weight is 259 g/mol. The highest BCUT2D eigenvalue weighted by atomic mass is 19.4. The second kappa shape index (κ2) is 5.28. The maximum Gasteiger partial charge on any atom is 0.406 e. The number of hydrogen-bond donors (Lipinski definition) is 1. The summed E-state index contributed by atoms with van der Waals surface area (Å²) in [6.45, 7) is 0.595. The van der Waals surface area contributed by atoms with E-state index in [2.05, 4.69) is 0 Å². The quantitative estimate of drug-likeness (QED) is 0.882. The van der Waals surface area contributed by atoms with Gasteiger partial charge in [-0.1, -0.05) is 30.3 Å². The Bertz CT molecular complexity index is 380. The first-order chi connectivity index (χ1) is 8.48.